The van der Waals surface area contributed by atoms with E-state index in [0.717, 1.165) is 0 Å². The Bertz CT molecular complexity index is 56.9. The molecule has 0 saturated heterocycles. The minimum atomic E-state index is 0. The maximum absolute atomic E-state index is 4.64. The van der Waals surface area contributed by atoms with Gasteiger partial charge in [0, 0.05) is 0 Å². The molecule has 0 aromatic carbocycles. The molecule has 0 aliphatic rings. The van der Waals surface area contributed by atoms with E-state index in [1.54, 1.807) is 0 Å². The first-order valence-electron chi connectivity index (χ1n) is 1.63. The number of rotatable bonds is 1. The standard InChI is InChI=1S/C3H6OS2.Ga.3H/c1-2-4-3(5)6;;;;/h2H2,1H3,(H,5,6);;;;. The Kier molecular flexibility index (Phi) is 10.6. The second kappa shape index (κ2) is 6.88. The summed E-state index contributed by atoms with van der Waals surface area (Å²) < 4.78 is 4.95. The Hall–Kier alpha value is 0.876. The fraction of sp³-hybridized carbons (Fsp3) is 0.667. The van der Waals surface area contributed by atoms with Crippen LogP contribution in [0.2, 0.25) is 0 Å². The number of hydrogen-bond donors (Lipinski definition) is 1. The molecule has 4 heteroatoms. The molecule has 0 aromatic heterocycles. The van der Waals surface area contributed by atoms with Crippen molar-refractivity contribution in [2.45, 2.75) is 6.92 Å². The van der Waals surface area contributed by atoms with Gasteiger partial charge in [-0.25, -0.2) is 0 Å². The second-order valence-corrected chi connectivity index (χ2v) is 1.78. The van der Waals surface area contributed by atoms with Crippen LogP contribution in [0.25, 0.3) is 0 Å². The van der Waals surface area contributed by atoms with Crippen LogP contribution < -0.4 is 0 Å². The van der Waals surface area contributed by atoms with Crippen molar-refractivity contribution >= 4 is 49.0 Å². The first-order valence-corrected chi connectivity index (χ1v) is 2.48. The Morgan fingerprint density at radius 1 is 1.86 bits per heavy atom. The quantitative estimate of drug-likeness (QED) is 0.359. The van der Waals surface area contributed by atoms with Crippen molar-refractivity contribution in [1.82, 2.24) is 0 Å². The summed E-state index contributed by atoms with van der Waals surface area (Å²) in [4.78, 5) is 0. The van der Waals surface area contributed by atoms with E-state index in [9.17, 15) is 0 Å². The van der Waals surface area contributed by atoms with Crippen LogP contribution >= 0.6 is 24.8 Å². The fourth-order valence-electron chi connectivity index (χ4n) is 0.123. The van der Waals surface area contributed by atoms with Gasteiger partial charge in [-0.1, -0.05) is 12.6 Å². The van der Waals surface area contributed by atoms with Crippen molar-refractivity contribution in [1.29, 1.82) is 0 Å². The summed E-state index contributed by atoms with van der Waals surface area (Å²) >= 11 is 8.12. The maximum atomic E-state index is 4.64. The van der Waals surface area contributed by atoms with Gasteiger partial charge in [0.2, 0.25) is 4.38 Å². The monoisotopic (exact) mass is 194 g/mol. The van der Waals surface area contributed by atoms with Crippen molar-refractivity contribution in [3.8, 4) is 0 Å². The number of hydrogen-bond acceptors (Lipinski definition) is 2. The molecule has 0 fully saturated rings. The van der Waals surface area contributed by atoms with Gasteiger partial charge < -0.3 is 4.74 Å². The van der Waals surface area contributed by atoms with Crippen LogP contribution in [-0.2, 0) is 4.74 Å². The SMILES string of the molecule is CCOC(=S)S.[GaH3]. The third-order valence-corrected chi connectivity index (χ3v) is 0.515. The summed E-state index contributed by atoms with van der Waals surface area (Å²) in [6, 6.07) is 0. The molecular weight excluding hydrogens is 186 g/mol. The molecule has 0 radical (unpaired) electrons. The second-order valence-electron chi connectivity index (χ2n) is 0.699. The van der Waals surface area contributed by atoms with E-state index in [4.69, 9.17) is 0 Å². The Labute approximate surface area is 67.3 Å². The molecule has 0 saturated carbocycles. The zero-order chi connectivity index (χ0) is 4.99. The van der Waals surface area contributed by atoms with Crippen LogP contribution in [0.3, 0.4) is 0 Å². The van der Waals surface area contributed by atoms with Gasteiger partial charge in [-0.05, 0) is 19.1 Å². The topological polar surface area (TPSA) is 9.23 Å². The molecule has 0 aliphatic carbocycles. The molecule has 1 nitrogen and oxygen atoms in total. The molecule has 7 heavy (non-hydrogen) atoms. The van der Waals surface area contributed by atoms with Gasteiger partial charge in [0.1, 0.15) is 0 Å². The summed E-state index contributed by atoms with van der Waals surface area (Å²) in [5, 5.41) is 0. The predicted octanol–water partition coefficient (Wildman–Crippen LogP) is 0.0537. The molecule has 0 rings (SSSR count). The molecule has 0 atom stereocenters. The Balaban J connectivity index is 0. The first kappa shape index (κ1) is 10.8. The number of thiol groups is 1. The number of thiocarbonyl (C=S) groups is 1. The molecule has 0 bridgehead atoms. The average molecular weight is 195 g/mol. The molecule has 0 amide bonds. The third-order valence-electron chi connectivity index (χ3n) is 0.268. The van der Waals surface area contributed by atoms with Crippen molar-refractivity contribution in [2.24, 2.45) is 0 Å². The molecule has 0 aromatic rings. The van der Waals surface area contributed by atoms with Crippen LogP contribution in [0.15, 0.2) is 0 Å². The van der Waals surface area contributed by atoms with Gasteiger partial charge in [0.15, 0.2) is 0 Å². The van der Waals surface area contributed by atoms with Gasteiger partial charge in [-0.2, -0.15) is 0 Å². The van der Waals surface area contributed by atoms with E-state index in [-0.39, 0.29) is 19.8 Å². The number of ether oxygens (including phenoxy) is 1. The molecule has 0 N–H and O–H groups in total. The van der Waals surface area contributed by atoms with Crippen LogP contribution in [-0.4, -0.2) is 30.8 Å². The van der Waals surface area contributed by atoms with E-state index in [1.165, 1.54) is 0 Å². The van der Waals surface area contributed by atoms with Crippen LogP contribution in [0.1, 0.15) is 6.92 Å². The van der Waals surface area contributed by atoms with E-state index in [1.807, 2.05) is 6.92 Å². The molecule has 0 aliphatic heterocycles. The summed E-state index contributed by atoms with van der Waals surface area (Å²) in [6.07, 6.45) is 0. The van der Waals surface area contributed by atoms with Crippen LogP contribution in [0.4, 0.5) is 0 Å². The molecule has 0 spiro atoms. The van der Waals surface area contributed by atoms with E-state index >= 15 is 0 Å². The van der Waals surface area contributed by atoms with E-state index in [2.05, 4.69) is 29.6 Å². The zero-order valence-corrected chi connectivity index (χ0v) is 5.18. The van der Waals surface area contributed by atoms with Crippen LogP contribution in [0.5, 0.6) is 0 Å². The molecule has 0 heterocycles. The molecule has 0 unspecified atom stereocenters. The summed E-state index contributed by atoms with van der Waals surface area (Å²) in [5.74, 6) is 0. The van der Waals surface area contributed by atoms with Gasteiger partial charge in [0.25, 0.3) is 0 Å². The van der Waals surface area contributed by atoms with E-state index in [0.29, 0.717) is 11.0 Å². The Morgan fingerprint density at radius 2 is 2.29 bits per heavy atom. The van der Waals surface area contributed by atoms with Gasteiger partial charge in [-0.15, -0.1) is 0 Å². The first-order chi connectivity index (χ1) is 2.77. The van der Waals surface area contributed by atoms with Crippen molar-refractivity contribution in [2.75, 3.05) is 6.61 Å². The van der Waals surface area contributed by atoms with Gasteiger partial charge in [-0.3, -0.25) is 0 Å². The third kappa shape index (κ3) is 10.9. The molecule has 42 valence electrons. The van der Waals surface area contributed by atoms with Crippen molar-refractivity contribution in [3.05, 3.63) is 0 Å². The Morgan fingerprint density at radius 3 is 2.29 bits per heavy atom. The summed E-state index contributed by atoms with van der Waals surface area (Å²) in [6.45, 7) is 2.48. The van der Waals surface area contributed by atoms with Crippen molar-refractivity contribution in [3.63, 3.8) is 0 Å². The summed E-state index contributed by atoms with van der Waals surface area (Å²) in [7, 11) is 0. The predicted molar refractivity (Wildman–Crippen MR) is 43.1 cm³/mol. The van der Waals surface area contributed by atoms with Gasteiger partial charge >= 0.3 is 19.8 Å². The average Bonchev–Trinajstić information content (AvgIpc) is 1.35. The van der Waals surface area contributed by atoms with Crippen molar-refractivity contribution < 1.29 is 4.74 Å². The minimum absolute atomic E-state index is 0. The zero-order valence-electron chi connectivity index (χ0n) is 3.47. The van der Waals surface area contributed by atoms with Gasteiger partial charge in [0.05, 0.1) is 6.61 Å². The fourth-order valence-corrected chi connectivity index (χ4v) is 0.370. The normalized spacial score (nSPS) is 6.57. The van der Waals surface area contributed by atoms with E-state index < -0.39 is 0 Å². The summed E-state index contributed by atoms with van der Waals surface area (Å²) in [5.41, 5.74) is 0. The molecular formula is C3H9GaOS2. The van der Waals surface area contributed by atoms with Crippen LogP contribution in [0, 0.1) is 0 Å².